The summed E-state index contributed by atoms with van der Waals surface area (Å²) < 4.78 is 0. The second kappa shape index (κ2) is 7.01. The number of pyridine rings is 1. The fraction of sp³-hybridized carbons (Fsp3) is 0.333. The van der Waals surface area contributed by atoms with Gasteiger partial charge in [-0.1, -0.05) is 43.6 Å². The van der Waals surface area contributed by atoms with Gasteiger partial charge < -0.3 is 10.2 Å². The Morgan fingerprint density at radius 3 is 2.57 bits per heavy atom. The fourth-order valence-electron chi connectivity index (χ4n) is 2.37. The Kier molecular flexibility index (Phi) is 5.26. The molecule has 4 nitrogen and oxygen atoms in total. The SMILES string of the molecule is Cc1cccc(C(C)C)c1NC(=O)c1cc(Cl)nc(N(C)C)c1. The Balaban J connectivity index is 2.37. The van der Waals surface area contributed by atoms with Crippen LogP contribution >= 0.6 is 11.6 Å². The number of amides is 1. The molecule has 0 aliphatic heterocycles. The van der Waals surface area contributed by atoms with E-state index >= 15 is 0 Å². The lowest BCUT2D eigenvalue weighted by atomic mass is 9.98. The number of halogens is 1. The number of carbonyl (C=O) groups excluding carboxylic acids is 1. The molecule has 0 saturated heterocycles. The summed E-state index contributed by atoms with van der Waals surface area (Å²) >= 11 is 6.04. The third kappa shape index (κ3) is 4.02. The molecule has 1 amide bonds. The van der Waals surface area contributed by atoms with Gasteiger partial charge in [-0.2, -0.15) is 0 Å². The minimum absolute atomic E-state index is 0.186. The number of nitrogens with zero attached hydrogens (tertiary/aromatic N) is 2. The van der Waals surface area contributed by atoms with Crippen molar-refractivity contribution in [3.8, 4) is 0 Å². The Morgan fingerprint density at radius 1 is 1.26 bits per heavy atom. The number of aromatic nitrogens is 1. The van der Waals surface area contributed by atoms with Crippen LogP contribution in [0.3, 0.4) is 0 Å². The predicted octanol–water partition coefficient (Wildman–Crippen LogP) is 4.49. The normalized spacial score (nSPS) is 10.7. The van der Waals surface area contributed by atoms with E-state index in [1.807, 2.05) is 44.1 Å². The zero-order valence-corrected chi connectivity index (χ0v) is 14.9. The van der Waals surface area contributed by atoms with E-state index in [9.17, 15) is 4.79 Å². The topological polar surface area (TPSA) is 45.2 Å². The van der Waals surface area contributed by atoms with Crippen LogP contribution in [0.5, 0.6) is 0 Å². The maximum Gasteiger partial charge on any atom is 0.255 e. The molecule has 0 aliphatic rings. The lowest BCUT2D eigenvalue weighted by molar-refractivity contribution is 0.102. The Morgan fingerprint density at radius 2 is 1.96 bits per heavy atom. The molecule has 5 heteroatoms. The van der Waals surface area contributed by atoms with Gasteiger partial charge in [-0.25, -0.2) is 4.98 Å². The minimum atomic E-state index is -0.186. The molecular weight excluding hydrogens is 310 g/mol. The van der Waals surface area contributed by atoms with E-state index in [0.29, 0.717) is 22.5 Å². The number of benzene rings is 1. The molecule has 1 aromatic carbocycles. The molecule has 0 bridgehead atoms. The van der Waals surface area contributed by atoms with Gasteiger partial charge in [0.1, 0.15) is 11.0 Å². The standard InChI is InChI=1S/C18H22ClN3O/c1-11(2)14-8-6-7-12(3)17(14)21-18(23)13-9-15(19)20-16(10-13)22(4)5/h6-11H,1-5H3,(H,21,23). The second-order valence-corrected chi connectivity index (χ2v) is 6.47. The third-order valence-electron chi connectivity index (χ3n) is 3.67. The monoisotopic (exact) mass is 331 g/mol. The highest BCUT2D eigenvalue weighted by Gasteiger charge is 2.15. The molecule has 0 radical (unpaired) electrons. The number of hydrogen-bond donors (Lipinski definition) is 1. The van der Waals surface area contributed by atoms with Crippen LogP contribution < -0.4 is 10.2 Å². The molecule has 23 heavy (non-hydrogen) atoms. The fourth-order valence-corrected chi connectivity index (χ4v) is 2.58. The van der Waals surface area contributed by atoms with E-state index in [0.717, 1.165) is 16.8 Å². The highest BCUT2D eigenvalue weighted by atomic mass is 35.5. The second-order valence-electron chi connectivity index (χ2n) is 6.08. The highest BCUT2D eigenvalue weighted by Crippen LogP contribution is 2.28. The van der Waals surface area contributed by atoms with Crippen molar-refractivity contribution in [2.45, 2.75) is 26.7 Å². The molecule has 1 N–H and O–H groups in total. The minimum Gasteiger partial charge on any atom is -0.363 e. The van der Waals surface area contributed by atoms with E-state index in [4.69, 9.17) is 11.6 Å². The summed E-state index contributed by atoms with van der Waals surface area (Å²) in [5.74, 6) is 0.786. The van der Waals surface area contributed by atoms with Crippen LogP contribution in [0.4, 0.5) is 11.5 Å². The van der Waals surface area contributed by atoms with Crippen LogP contribution in [-0.4, -0.2) is 25.0 Å². The maximum atomic E-state index is 12.7. The summed E-state index contributed by atoms with van der Waals surface area (Å²) in [4.78, 5) is 18.7. The first-order valence-corrected chi connectivity index (χ1v) is 7.93. The zero-order valence-electron chi connectivity index (χ0n) is 14.1. The molecular formula is C18H22ClN3O. The van der Waals surface area contributed by atoms with Crippen molar-refractivity contribution in [1.29, 1.82) is 0 Å². The van der Waals surface area contributed by atoms with Gasteiger partial charge in [0, 0.05) is 25.3 Å². The van der Waals surface area contributed by atoms with Crippen LogP contribution in [0.1, 0.15) is 41.3 Å². The third-order valence-corrected chi connectivity index (χ3v) is 3.86. The van der Waals surface area contributed by atoms with Crippen molar-refractivity contribution in [2.75, 3.05) is 24.3 Å². The molecule has 2 rings (SSSR count). The number of para-hydroxylation sites is 1. The molecule has 2 aromatic rings. The summed E-state index contributed by atoms with van der Waals surface area (Å²) in [5.41, 5.74) is 3.52. The largest absolute Gasteiger partial charge is 0.363 e. The Labute approximate surface area is 142 Å². The van der Waals surface area contributed by atoms with Crippen LogP contribution in [0.15, 0.2) is 30.3 Å². The summed E-state index contributed by atoms with van der Waals surface area (Å²) in [6, 6.07) is 9.35. The van der Waals surface area contributed by atoms with E-state index in [-0.39, 0.29) is 5.91 Å². The van der Waals surface area contributed by atoms with Crippen molar-refractivity contribution in [3.63, 3.8) is 0 Å². The summed E-state index contributed by atoms with van der Waals surface area (Å²) in [7, 11) is 3.72. The predicted molar refractivity (Wildman–Crippen MR) is 96.8 cm³/mol. The molecule has 0 aliphatic carbocycles. The van der Waals surface area contributed by atoms with Crippen LogP contribution in [0.2, 0.25) is 5.15 Å². The van der Waals surface area contributed by atoms with Crippen LogP contribution in [0, 0.1) is 6.92 Å². The van der Waals surface area contributed by atoms with Crippen molar-refractivity contribution in [1.82, 2.24) is 4.98 Å². The maximum absolute atomic E-state index is 12.7. The number of carbonyl (C=O) groups is 1. The zero-order chi connectivity index (χ0) is 17.1. The van der Waals surface area contributed by atoms with E-state index < -0.39 is 0 Å². The quantitative estimate of drug-likeness (QED) is 0.840. The van der Waals surface area contributed by atoms with Gasteiger partial charge in [0.25, 0.3) is 5.91 Å². The first-order valence-electron chi connectivity index (χ1n) is 7.55. The first kappa shape index (κ1) is 17.3. The average molecular weight is 332 g/mol. The molecule has 0 atom stereocenters. The molecule has 1 aromatic heterocycles. The summed E-state index contributed by atoms with van der Waals surface area (Å²) in [6.45, 7) is 6.21. The molecule has 0 fully saturated rings. The summed E-state index contributed by atoms with van der Waals surface area (Å²) in [6.07, 6.45) is 0. The number of aryl methyl sites for hydroxylation is 1. The van der Waals surface area contributed by atoms with E-state index in [1.54, 1.807) is 12.1 Å². The van der Waals surface area contributed by atoms with Gasteiger partial charge in [-0.15, -0.1) is 0 Å². The van der Waals surface area contributed by atoms with Gasteiger partial charge in [0.05, 0.1) is 0 Å². The van der Waals surface area contributed by atoms with Crippen molar-refractivity contribution < 1.29 is 4.79 Å². The van der Waals surface area contributed by atoms with Gasteiger partial charge in [-0.05, 0) is 36.1 Å². The number of hydrogen-bond acceptors (Lipinski definition) is 3. The van der Waals surface area contributed by atoms with Crippen molar-refractivity contribution >= 4 is 29.0 Å². The van der Waals surface area contributed by atoms with Crippen LogP contribution in [-0.2, 0) is 0 Å². The number of rotatable bonds is 4. The summed E-state index contributed by atoms with van der Waals surface area (Å²) in [5, 5.41) is 3.33. The smallest absolute Gasteiger partial charge is 0.255 e. The van der Waals surface area contributed by atoms with E-state index in [2.05, 4.69) is 24.1 Å². The highest BCUT2D eigenvalue weighted by molar-refractivity contribution is 6.30. The molecule has 1 heterocycles. The average Bonchev–Trinajstić information content (AvgIpc) is 2.48. The number of anilines is 2. The lowest BCUT2D eigenvalue weighted by Crippen LogP contribution is -2.17. The van der Waals surface area contributed by atoms with Crippen LogP contribution in [0.25, 0.3) is 0 Å². The molecule has 0 unspecified atom stereocenters. The Hall–Kier alpha value is -2.07. The van der Waals surface area contributed by atoms with Gasteiger partial charge >= 0.3 is 0 Å². The molecule has 122 valence electrons. The van der Waals surface area contributed by atoms with Crippen molar-refractivity contribution in [3.05, 3.63) is 52.2 Å². The number of nitrogens with one attached hydrogen (secondary N) is 1. The van der Waals surface area contributed by atoms with Gasteiger partial charge in [0.15, 0.2) is 0 Å². The lowest BCUT2D eigenvalue weighted by Gasteiger charge is -2.17. The molecule has 0 spiro atoms. The van der Waals surface area contributed by atoms with Crippen molar-refractivity contribution in [2.24, 2.45) is 0 Å². The van der Waals surface area contributed by atoms with Gasteiger partial charge in [-0.3, -0.25) is 4.79 Å². The first-order chi connectivity index (χ1) is 10.8. The van der Waals surface area contributed by atoms with Gasteiger partial charge in [0.2, 0.25) is 0 Å². The molecule has 0 saturated carbocycles. The van der Waals surface area contributed by atoms with E-state index in [1.165, 1.54) is 0 Å². The Bertz CT molecular complexity index is 726.